The highest BCUT2D eigenvalue weighted by atomic mass is 35.5. The Hall–Kier alpha value is -1.59. The van der Waals surface area contributed by atoms with Crippen molar-refractivity contribution in [2.24, 2.45) is 11.7 Å². The number of para-hydroxylation sites is 1. The van der Waals surface area contributed by atoms with Crippen LogP contribution in [0.25, 0.3) is 10.9 Å². The smallest absolute Gasteiger partial charge is 0.229 e. The fourth-order valence-corrected chi connectivity index (χ4v) is 3.08. The van der Waals surface area contributed by atoms with Crippen molar-refractivity contribution in [2.75, 3.05) is 5.32 Å². The molecule has 21 heavy (non-hydrogen) atoms. The summed E-state index contributed by atoms with van der Waals surface area (Å²) in [5, 5.41) is 10.9. The number of hydrogen-bond donors (Lipinski definition) is 3. The standard InChI is InChI=1S/C15H20N4O.ClH/c1-15(16)8-3-2-6-11(15)14(20)18-12-7-4-5-10-9-17-19-13(10)12;/h4-5,7,9,11H,2-3,6,8,16H2,1H3,(H,17,19)(H,18,20);1H. The van der Waals surface area contributed by atoms with Gasteiger partial charge in [-0.3, -0.25) is 9.89 Å². The molecule has 4 N–H and O–H groups in total. The topological polar surface area (TPSA) is 83.8 Å². The summed E-state index contributed by atoms with van der Waals surface area (Å²) in [6.45, 7) is 1.98. The maximum Gasteiger partial charge on any atom is 0.229 e. The average Bonchev–Trinajstić information content (AvgIpc) is 2.87. The van der Waals surface area contributed by atoms with Gasteiger partial charge in [0.05, 0.1) is 23.3 Å². The number of carbonyl (C=O) groups is 1. The van der Waals surface area contributed by atoms with Crippen molar-refractivity contribution >= 4 is 34.9 Å². The molecular weight excluding hydrogens is 288 g/mol. The van der Waals surface area contributed by atoms with Gasteiger partial charge >= 0.3 is 0 Å². The lowest BCUT2D eigenvalue weighted by molar-refractivity contribution is -0.122. The Morgan fingerprint density at radius 3 is 3.05 bits per heavy atom. The zero-order valence-electron chi connectivity index (χ0n) is 12.1. The van der Waals surface area contributed by atoms with E-state index < -0.39 is 5.54 Å². The maximum absolute atomic E-state index is 12.5. The molecule has 0 aliphatic heterocycles. The van der Waals surface area contributed by atoms with E-state index in [0.29, 0.717) is 0 Å². The van der Waals surface area contributed by atoms with Crippen LogP contribution >= 0.6 is 12.4 Å². The van der Waals surface area contributed by atoms with Crippen LogP contribution in [0.3, 0.4) is 0 Å². The summed E-state index contributed by atoms with van der Waals surface area (Å²) in [6, 6.07) is 5.76. The Bertz CT molecular complexity index is 637. The fraction of sp³-hybridized carbons (Fsp3) is 0.467. The molecule has 1 amide bonds. The molecule has 2 atom stereocenters. The molecular formula is C15H21ClN4O. The second kappa shape index (κ2) is 6.03. The van der Waals surface area contributed by atoms with Crippen molar-refractivity contribution < 1.29 is 4.79 Å². The molecule has 0 bridgehead atoms. The lowest BCUT2D eigenvalue weighted by atomic mass is 9.74. The van der Waals surface area contributed by atoms with Crippen LogP contribution in [0.4, 0.5) is 5.69 Å². The predicted molar refractivity (Wildman–Crippen MR) is 86.5 cm³/mol. The van der Waals surface area contributed by atoms with E-state index in [1.807, 2.05) is 25.1 Å². The molecule has 1 heterocycles. The lowest BCUT2D eigenvalue weighted by Crippen LogP contribution is -2.51. The van der Waals surface area contributed by atoms with Crippen molar-refractivity contribution in [3.05, 3.63) is 24.4 Å². The minimum atomic E-state index is -0.412. The number of hydrogen-bond acceptors (Lipinski definition) is 3. The molecule has 2 aromatic rings. The molecule has 1 aliphatic carbocycles. The minimum Gasteiger partial charge on any atom is -0.325 e. The van der Waals surface area contributed by atoms with Crippen molar-refractivity contribution in [1.82, 2.24) is 10.2 Å². The average molecular weight is 309 g/mol. The van der Waals surface area contributed by atoms with E-state index in [1.165, 1.54) is 0 Å². The van der Waals surface area contributed by atoms with E-state index in [0.717, 1.165) is 42.3 Å². The molecule has 0 spiro atoms. The van der Waals surface area contributed by atoms with Gasteiger partial charge in [-0.1, -0.05) is 25.0 Å². The van der Waals surface area contributed by atoms with Crippen LogP contribution < -0.4 is 11.1 Å². The van der Waals surface area contributed by atoms with Gasteiger partial charge in [0.25, 0.3) is 0 Å². The summed E-state index contributed by atoms with van der Waals surface area (Å²) in [6.07, 6.45) is 5.68. The number of nitrogens with zero attached hydrogens (tertiary/aromatic N) is 1. The first-order chi connectivity index (χ1) is 9.58. The van der Waals surface area contributed by atoms with Crippen LogP contribution in [0.1, 0.15) is 32.6 Å². The predicted octanol–water partition coefficient (Wildman–Crippen LogP) is 2.83. The molecule has 1 aromatic heterocycles. The van der Waals surface area contributed by atoms with Gasteiger partial charge < -0.3 is 11.1 Å². The summed E-state index contributed by atoms with van der Waals surface area (Å²) >= 11 is 0. The largest absolute Gasteiger partial charge is 0.325 e. The first-order valence-electron chi connectivity index (χ1n) is 7.10. The number of fused-ring (bicyclic) bond motifs is 1. The van der Waals surface area contributed by atoms with E-state index in [1.54, 1.807) is 6.20 Å². The summed E-state index contributed by atoms with van der Waals surface area (Å²) in [5.74, 6) is -0.119. The van der Waals surface area contributed by atoms with E-state index >= 15 is 0 Å². The van der Waals surface area contributed by atoms with Gasteiger partial charge in [0.2, 0.25) is 5.91 Å². The molecule has 6 heteroatoms. The molecule has 114 valence electrons. The zero-order valence-corrected chi connectivity index (χ0v) is 12.9. The Kier molecular flexibility index (Phi) is 4.54. The first kappa shape index (κ1) is 15.8. The SMILES string of the molecule is CC1(N)CCCCC1C(=O)Nc1cccc2cn[nH]c12.Cl. The third-order valence-electron chi connectivity index (χ3n) is 4.31. The van der Waals surface area contributed by atoms with Crippen LogP contribution in [0.2, 0.25) is 0 Å². The Morgan fingerprint density at radius 1 is 1.48 bits per heavy atom. The number of aromatic nitrogens is 2. The first-order valence-corrected chi connectivity index (χ1v) is 7.10. The van der Waals surface area contributed by atoms with E-state index in [-0.39, 0.29) is 24.2 Å². The number of nitrogens with two attached hydrogens (primary N) is 1. The molecule has 1 aliphatic rings. The summed E-state index contributed by atoms with van der Waals surface area (Å²) in [7, 11) is 0. The molecule has 0 saturated heterocycles. The molecule has 5 nitrogen and oxygen atoms in total. The number of anilines is 1. The van der Waals surface area contributed by atoms with Gasteiger partial charge in [0.15, 0.2) is 0 Å². The van der Waals surface area contributed by atoms with Crippen molar-refractivity contribution in [3.63, 3.8) is 0 Å². The van der Waals surface area contributed by atoms with Crippen LogP contribution in [0.15, 0.2) is 24.4 Å². The quantitative estimate of drug-likeness (QED) is 0.797. The third-order valence-corrected chi connectivity index (χ3v) is 4.31. The highest BCUT2D eigenvalue weighted by Crippen LogP contribution is 2.33. The summed E-state index contributed by atoms with van der Waals surface area (Å²) < 4.78 is 0. The van der Waals surface area contributed by atoms with Crippen molar-refractivity contribution in [3.8, 4) is 0 Å². The van der Waals surface area contributed by atoms with Gasteiger partial charge in [-0.05, 0) is 25.8 Å². The second-order valence-electron chi connectivity index (χ2n) is 5.93. The Balaban J connectivity index is 0.00000161. The highest BCUT2D eigenvalue weighted by molar-refractivity contribution is 6.01. The number of halogens is 1. The lowest BCUT2D eigenvalue weighted by Gasteiger charge is -2.37. The summed E-state index contributed by atoms with van der Waals surface area (Å²) in [4.78, 5) is 12.5. The number of amides is 1. The maximum atomic E-state index is 12.5. The van der Waals surface area contributed by atoms with Crippen molar-refractivity contribution in [1.29, 1.82) is 0 Å². The normalized spacial score (nSPS) is 25.3. The highest BCUT2D eigenvalue weighted by Gasteiger charge is 2.37. The van der Waals surface area contributed by atoms with E-state index in [4.69, 9.17) is 5.73 Å². The molecule has 0 radical (unpaired) electrons. The molecule has 1 aromatic carbocycles. The van der Waals surface area contributed by atoms with Gasteiger partial charge in [0.1, 0.15) is 0 Å². The van der Waals surface area contributed by atoms with Crippen LogP contribution in [-0.2, 0) is 4.79 Å². The van der Waals surface area contributed by atoms with Crippen molar-refractivity contribution in [2.45, 2.75) is 38.1 Å². The second-order valence-corrected chi connectivity index (χ2v) is 5.93. The Morgan fingerprint density at radius 2 is 2.29 bits per heavy atom. The van der Waals surface area contributed by atoms with Crippen LogP contribution in [0, 0.1) is 5.92 Å². The van der Waals surface area contributed by atoms with Gasteiger partial charge in [0, 0.05) is 10.9 Å². The number of benzene rings is 1. The van der Waals surface area contributed by atoms with Gasteiger partial charge in [-0.25, -0.2) is 0 Å². The molecule has 2 unspecified atom stereocenters. The number of nitrogens with one attached hydrogen (secondary N) is 2. The van der Waals surface area contributed by atoms with E-state index in [9.17, 15) is 4.79 Å². The number of H-pyrrole nitrogens is 1. The Labute approximate surface area is 130 Å². The number of rotatable bonds is 2. The van der Waals surface area contributed by atoms with E-state index in [2.05, 4.69) is 15.5 Å². The molecule has 3 rings (SSSR count). The van der Waals surface area contributed by atoms with Crippen LogP contribution in [-0.4, -0.2) is 21.6 Å². The monoisotopic (exact) mass is 308 g/mol. The van der Waals surface area contributed by atoms with Gasteiger partial charge in [-0.2, -0.15) is 5.10 Å². The number of carbonyl (C=O) groups excluding carboxylic acids is 1. The van der Waals surface area contributed by atoms with Crippen LogP contribution in [0.5, 0.6) is 0 Å². The summed E-state index contributed by atoms with van der Waals surface area (Å²) in [5.41, 5.74) is 7.50. The minimum absolute atomic E-state index is 0. The fourth-order valence-electron chi connectivity index (χ4n) is 3.08. The molecule has 1 fully saturated rings. The third kappa shape index (κ3) is 3.04. The van der Waals surface area contributed by atoms with Gasteiger partial charge in [-0.15, -0.1) is 12.4 Å². The molecule has 1 saturated carbocycles. The number of aromatic amines is 1. The zero-order chi connectivity index (χ0) is 14.2.